The van der Waals surface area contributed by atoms with Gasteiger partial charge in [0.1, 0.15) is 11.5 Å². The molecule has 0 saturated heterocycles. The number of hydrogen-bond acceptors (Lipinski definition) is 4. The van der Waals surface area contributed by atoms with E-state index in [1.165, 1.54) is 13.2 Å². The van der Waals surface area contributed by atoms with Gasteiger partial charge in [-0.15, -0.1) is 0 Å². The van der Waals surface area contributed by atoms with Crippen molar-refractivity contribution in [3.05, 3.63) is 22.7 Å². The van der Waals surface area contributed by atoms with Crippen LogP contribution in [0.15, 0.2) is 12.1 Å². The molecule has 1 rings (SSSR count). The van der Waals surface area contributed by atoms with E-state index in [2.05, 4.69) is 0 Å². The smallest absolute Gasteiger partial charge is 0.139 e. The summed E-state index contributed by atoms with van der Waals surface area (Å²) in [5.74, 6) is 0.376. The number of aliphatic hydroxyl groups is 1. The van der Waals surface area contributed by atoms with Gasteiger partial charge in [0.2, 0.25) is 0 Å². The fraction of sp³-hybridized carbons (Fsp3) is 0.333. The maximum atomic E-state index is 9.54. The zero-order valence-electron chi connectivity index (χ0n) is 7.70. The van der Waals surface area contributed by atoms with Crippen LogP contribution in [-0.2, 0) is 0 Å². The molecule has 0 fully saturated rings. The van der Waals surface area contributed by atoms with Gasteiger partial charge >= 0.3 is 0 Å². The Labute approximate surface area is 86.9 Å². The van der Waals surface area contributed by atoms with Crippen molar-refractivity contribution in [2.24, 2.45) is 5.73 Å². The first-order chi connectivity index (χ1) is 6.60. The summed E-state index contributed by atoms with van der Waals surface area (Å²) in [6, 6.07) is 2.36. The van der Waals surface area contributed by atoms with Crippen molar-refractivity contribution in [3.63, 3.8) is 0 Å². The number of ether oxygens (including phenoxy) is 1. The molecule has 0 aromatic heterocycles. The van der Waals surface area contributed by atoms with Gasteiger partial charge in [-0.3, -0.25) is 0 Å². The summed E-state index contributed by atoms with van der Waals surface area (Å²) in [5.41, 5.74) is 5.94. The highest BCUT2D eigenvalue weighted by Crippen LogP contribution is 2.34. The molecular formula is C9H12ClNO3. The Morgan fingerprint density at radius 2 is 2.21 bits per heavy atom. The number of nitrogens with two attached hydrogens (primary N) is 1. The maximum Gasteiger partial charge on any atom is 0.139 e. The van der Waals surface area contributed by atoms with Gasteiger partial charge in [0.15, 0.2) is 0 Å². The third-order valence-electron chi connectivity index (χ3n) is 1.90. The van der Waals surface area contributed by atoms with Gasteiger partial charge in [0.25, 0.3) is 0 Å². The summed E-state index contributed by atoms with van der Waals surface area (Å²) >= 11 is 5.73. The number of halogens is 1. The first-order valence-electron chi connectivity index (χ1n) is 4.03. The molecule has 0 aliphatic carbocycles. The molecule has 0 bridgehead atoms. The van der Waals surface area contributed by atoms with Crippen LogP contribution in [-0.4, -0.2) is 23.9 Å². The van der Waals surface area contributed by atoms with Crippen LogP contribution in [0.1, 0.15) is 11.6 Å². The predicted molar refractivity (Wildman–Crippen MR) is 53.7 cm³/mol. The maximum absolute atomic E-state index is 9.54. The van der Waals surface area contributed by atoms with Gasteiger partial charge in [-0.2, -0.15) is 0 Å². The summed E-state index contributed by atoms with van der Waals surface area (Å²) in [6.07, 6.45) is 0. The van der Waals surface area contributed by atoms with Crippen molar-refractivity contribution < 1.29 is 14.9 Å². The van der Waals surface area contributed by atoms with Crippen molar-refractivity contribution in [1.82, 2.24) is 0 Å². The van der Waals surface area contributed by atoms with E-state index in [1.807, 2.05) is 0 Å². The summed E-state index contributed by atoms with van der Waals surface area (Å²) in [5, 5.41) is 18.5. The molecule has 0 heterocycles. The lowest BCUT2D eigenvalue weighted by Gasteiger charge is -2.13. The number of rotatable bonds is 3. The molecule has 0 aliphatic heterocycles. The van der Waals surface area contributed by atoms with Crippen LogP contribution < -0.4 is 10.5 Å². The van der Waals surface area contributed by atoms with Gasteiger partial charge in [0.05, 0.1) is 24.8 Å². The van der Waals surface area contributed by atoms with Crippen molar-refractivity contribution in [3.8, 4) is 11.5 Å². The van der Waals surface area contributed by atoms with E-state index >= 15 is 0 Å². The van der Waals surface area contributed by atoms with Gasteiger partial charge in [-0.25, -0.2) is 0 Å². The van der Waals surface area contributed by atoms with Crippen LogP contribution in [0.3, 0.4) is 0 Å². The second-order valence-electron chi connectivity index (χ2n) is 2.84. The normalized spacial score (nSPS) is 12.6. The highest BCUT2D eigenvalue weighted by Gasteiger charge is 2.14. The first-order valence-corrected chi connectivity index (χ1v) is 4.40. The molecular weight excluding hydrogens is 206 g/mol. The van der Waals surface area contributed by atoms with Crippen molar-refractivity contribution in [2.75, 3.05) is 13.7 Å². The minimum absolute atomic E-state index is 0.117. The van der Waals surface area contributed by atoms with Gasteiger partial charge in [-0.05, 0) is 6.07 Å². The number of hydrogen-bond donors (Lipinski definition) is 3. The van der Waals surface area contributed by atoms with Crippen molar-refractivity contribution >= 4 is 11.6 Å². The zero-order chi connectivity index (χ0) is 10.7. The second kappa shape index (κ2) is 4.50. The van der Waals surface area contributed by atoms with E-state index < -0.39 is 6.04 Å². The Kier molecular flexibility index (Phi) is 3.57. The highest BCUT2D eigenvalue weighted by molar-refractivity contribution is 6.32. The van der Waals surface area contributed by atoms with Gasteiger partial charge in [0, 0.05) is 11.6 Å². The minimum atomic E-state index is -0.664. The fourth-order valence-corrected chi connectivity index (χ4v) is 1.31. The standard InChI is InChI=1S/C9H12ClNO3/c1-14-5-2-6(8(11)4-12)9(13)7(10)3-5/h2-3,8,12-13H,4,11H2,1H3/t8-/m0/s1. The number of benzene rings is 1. The summed E-state index contributed by atoms with van der Waals surface area (Å²) in [6.45, 7) is -0.267. The van der Waals surface area contributed by atoms with E-state index in [0.717, 1.165) is 0 Å². The molecule has 0 spiro atoms. The molecule has 14 heavy (non-hydrogen) atoms. The molecule has 4 N–H and O–H groups in total. The summed E-state index contributed by atoms with van der Waals surface area (Å²) < 4.78 is 4.95. The average Bonchev–Trinajstić information content (AvgIpc) is 2.20. The molecule has 0 aliphatic rings. The second-order valence-corrected chi connectivity index (χ2v) is 3.24. The van der Waals surface area contributed by atoms with Crippen molar-refractivity contribution in [2.45, 2.75) is 6.04 Å². The molecule has 0 unspecified atom stereocenters. The number of phenolic OH excluding ortho intramolecular Hbond substituents is 1. The van der Waals surface area contributed by atoms with Crippen LogP contribution in [0.2, 0.25) is 5.02 Å². The predicted octanol–water partition coefficient (Wildman–Crippen LogP) is 1.05. The Bertz CT molecular complexity index is 330. The summed E-state index contributed by atoms with van der Waals surface area (Å²) in [7, 11) is 1.48. The molecule has 1 atom stereocenters. The lowest BCUT2D eigenvalue weighted by Crippen LogP contribution is -2.14. The molecule has 0 saturated carbocycles. The third-order valence-corrected chi connectivity index (χ3v) is 2.19. The van der Waals surface area contributed by atoms with Crippen LogP contribution >= 0.6 is 11.6 Å². The summed E-state index contributed by atoms with van der Waals surface area (Å²) in [4.78, 5) is 0. The first kappa shape index (κ1) is 11.1. The van der Waals surface area contributed by atoms with Crippen LogP contribution in [0.5, 0.6) is 11.5 Å². The number of phenols is 1. The lowest BCUT2D eigenvalue weighted by atomic mass is 10.1. The molecule has 5 heteroatoms. The molecule has 78 valence electrons. The number of methoxy groups -OCH3 is 1. The van der Waals surface area contributed by atoms with Gasteiger partial charge in [-0.1, -0.05) is 11.6 Å². The molecule has 1 aromatic carbocycles. The quantitative estimate of drug-likeness (QED) is 0.707. The highest BCUT2D eigenvalue weighted by atomic mass is 35.5. The molecule has 4 nitrogen and oxygen atoms in total. The molecule has 1 aromatic rings. The largest absolute Gasteiger partial charge is 0.506 e. The van der Waals surface area contributed by atoms with E-state index in [0.29, 0.717) is 11.3 Å². The Morgan fingerprint density at radius 3 is 2.71 bits per heavy atom. The minimum Gasteiger partial charge on any atom is -0.506 e. The van der Waals surface area contributed by atoms with Crippen LogP contribution in [0.25, 0.3) is 0 Å². The Morgan fingerprint density at radius 1 is 1.57 bits per heavy atom. The van der Waals surface area contributed by atoms with Crippen LogP contribution in [0, 0.1) is 0 Å². The van der Waals surface area contributed by atoms with E-state index in [9.17, 15) is 5.11 Å². The Balaban J connectivity index is 3.20. The van der Waals surface area contributed by atoms with Gasteiger partial charge < -0.3 is 20.7 Å². The average molecular weight is 218 g/mol. The SMILES string of the molecule is COc1cc(Cl)c(O)c([C@@H](N)CO)c1. The Hall–Kier alpha value is -0.970. The lowest BCUT2D eigenvalue weighted by molar-refractivity contribution is 0.265. The topological polar surface area (TPSA) is 75.7 Å². The zero-order valence-corrected chi connectivity index (χ0v) is 8.45. The fourth-order valence-electron chi connectivity index (χ4n) is 1.09. The van der Waals surface area contributed by atoms with E-state index in [-0.39, 0.29) is 17.4 Å². The van der Waals surface area contributed by atoms with E-state index in [4.69, 9.17) is 27.2 Å². The molecule has 0 amide bonds. The van der Waals surface area contributed by atoms with Crippen LogP contribution in [0.4, 0.5) is 0 Å². The monoisotopic (exact) mass is 217 g/mol. The molecule has 0 radical (unpaired) electrons. The van der Waals surface area contributed by atoms with Crippen molar-refractivity contribution in [1.29, 1.82) is 0 Å². The number of aliphatic hydroxyl groups excluding tert-OH is 1. The number of aromatic hydroxyl groups is 1. The third kappa shape index (κ3) is 2.09. The van der Waals surface area contributed by atoms with E-state index in [1.54, 1.807) is 6.07 Å².